The minimum atomic E-state index is -0.363. The highest BCUT2D eigenvalue weighted by Crippen LogP contribution is 2.33. The normalized spacial score (nSPS) is 11.2. The van der Waals surface area contributed by atoms with Gasteiger partial charge in [-0.2, -0.15) is 8.80 Å². The van der Waals surface area contributed by atoms with Crippen LogP contribution in [-0.4, -0.2) is 4.92 Å². The molecule has 1 aromatic carbocycles. The van der Waals surface area contributed by atoms with Crippen molar-refractivity contribution < 1.29 is 13.7 Å². The summed E-state index contributed by atoms with van der Waals surface area (Å²) in [6, 6.07) is 27.6. The first-order chi connectivity index (χ1) is 14.7. The summed E-state index contributed by atoms with van der Waals surface area (Å²) in [5.41, 5.74) is 5.57. The summed E-state index contributed by atoms with van der Waals surface area (Å²) in [6.07, 6.45) is 8.15. The maximum atomic E-state index is 11.1. The van der Waals surface area contributed by atoms with Crippen molar-refractivity contribution in [1.29, 1.82) is 0 Å². The van der Waals surface area contributed by atoms with Gasteiger partial charge in [0.25, 0.3) is 5.69 Å². The SMILES string of the molecule is O=[N+]([O-])c1ccc(C(c2cc[n+]3ccccc3c2)c2cc[n+]3ccccc3c2)cc1. The second kappa shape index (κ2) is 7.37. The zero-order valence-corrected chi connectivity index (χ0v) is 16.1. The number of nitro groups is 1. The largest absolute Gasteiger partial charge is 0.269 e. The molecule has 0 fully saturated rings. The summed E-state index contributed by atoms with van der Waals surface area (Å²) in [4.78, 5) is 10.8. The molecule has 0 saturated carbocycles. The molecule has 0 aliphatic rings. The van der Waals surface area contributed by atoms with Crippen molar-refractivity contribution in [3.63, 3.8) is 0 Å². The highest BCUT2D eigenvalue weighted by atomic mass is 16.6. The second-order valence-electron chi connectivity index (χ2n) is 7.27. The quantitative estimate of drug-likeness (QED) is 0.260. The number of hydrogen-bond acceptors (Lipinski definition) is 2. The Hall–Kier alpha value is -4.12. The maximum absolute atomic E-state index is 11.1. The molecular formula is C25H19N3O2+2. The first-order valence-corrected chi connectivity index (χ1v) is 9.73. The van der Waals surface area contributed by atoms with Crippen LogP contribution in [0.2, 0.25) is 0 Å². The lowest BCUT2D eigenvalue weighted by Gasteiger charge is -2.18. The third-order valence-electron chi connectivity index (χ3n) is 5.43. The molecule has 0 bridgehead atoms. The zero-order valence-electron chi connectivity index (χ0n) is 16.1. The van der Waals surface area contributed by atoms with Crippen LogP contribution in [0.1, 0.15) is 22.6 Å². The summed E-state index contributed by atoms with van der Waals surface area (Å²) < 4.78 is 4.15. The van der Waals surface area contributed by atoms with Gasteiger partial charge >= 0.3 is 0 Å². The van der Waals surface area contributed by atoms with E-state index in [1.165, 1.54) is 0 Å². The fourth-order valence-electron chi connectivity index (χ4n) is 3.95. The number of nitro benzene ring substituents is 1. The molecule has 0 spiro atoms. The number of rotatable bonds is 4. The average Bonchev–Trinajstić information content (AvgIpc) is 2.79. The van der Waals surface area contributed by atoms with E-state index in [1.807, 2.05) is 48.8 Å². The Morgan fingerprint density at radius 3 is 1.67 bits per heavy atom. The maximum Gasteiger partial charge on any atom is 0.269 e. The van der Waals surface area contributed by atoms with E-state index in [1.54, 1.807) is 12.1 Å². The van der Waals surface area contributed by atoms with Gasteiger partial charge in [0.05, 0.1) is 4.92 Å². The number of non-ortho nitro benzene ring substituents is 1. The van der Waals surface area contributed by atoms with Gasteiger partial charge in [0.15, 0.2) is 24.8 Å². The number of hydrogen-bond donors (Lipinski definition) is 0. The zero-order chi connectivity index (χ0) is 20.5. The molecule has 0 radical (unpaired) electrons. The van der Waals surface area contributed by atoms with Crippen LogP contribution in [0, 0.1) is 10.1 Å². The van der Waals surface area contributed by atoms with Gasteiger partial charge in [-0.05, 0) is 28.8 Å². The molecule has 0 amide bonds. The van der Waals surface area contributed by atoms with Gasteiger partial charge in [-0.15, -0.1) is 0 Å². The molecule has 0 aliphatic heterocycles. The van der Waals surface area contributed by atoms with Crippen molar-refractivity contribution in [2.75, 3.05) is 0 Å². The first kappa shape index (κ1) is 17.9. The Morgan fingerprint density at radius 2 is 1.17 bits per heavy atom. The first-order valence-electron chi connectivity index (χ1n) is 9.73. The van der Waals surface area contributed by atoms with E-state index < -0.39 is 0 Å². The predicted molar refractivity (Wildman–Crippen MR) is 113 cm³/mol. The van der Waals surface area contributed by atoms with Crippen molar-refractivity contribution >= 4 is 16.7 Å². The monoisotopic (exact) mass is 393 g/mol. The molecule has 0 atom stereocenters. The molecule has 0 aliphatic carbocycles. The van der Waals surface area contributed by atoms with Crippen LogP contribution >= 0.6 is 0 Å². The Morgan fingerprint density at radius 1 is 0.633 bits per heavy atom. The van der Waals surface area contributed by atoms with Gasteiger partial charge in [0, 0.05) is 66.6 Å². The van der Waals surface area contributed by atoms with Gasteiger partial charge in [-0.3, -0.25) is 10.1 Å². The van der Waals surface area contributed by atoms with Gasteiger partial charge in [-0.25, -0.2) is 0 Å². The van der Waals surface area contributed by atoms with E-state index in [2.05, 4.69) is 57.6 Å². The van der Waals surface area contributed by atoms with Crippen molar-refractivity contribution in [1.82, 2.24) is 0 Å². The van der Waals surface area contributed by atoms with E-state index in [-0.39, 0.29) is 16.5 Å². The Balaban J connectivity index is 1.70. The standard InChI is InChI=1S/C25H19N3O2/c29-28(30)22-9-7-19(8-10-22)25(20-11-15-26-13-3-1-5-23(26)17-20)21-12-16-27-14-4-2-6-24(27)18-21/h1-18,25H/q+2. The molecule has 30 heavy (non-hydrogen) atoms. The van der Waals surface area contributed by atoms with Crippen LogP contribution < -0.4 is 8.80 Å². The summed E-state index contributed by atoms with van der Waals surface area (Å²) in [5.74, 6) is -0.0405. The Labute approximate surface area is 173 Å². The fourth-order valence-corrected chi connectivity index (χ4v) is 3.95. The average molecular weight is 393 g/mol. The van der Waals surface area contributed by atoms with Crippen molar-refractivity contribution in [3.8, 4) is 0 Å². The van der Waals surface area contributed by atoms with Gasteiger partial charge in [0.2, 0.25) is 11.0 Å². The van der Waals surface area contributed by atoms with E-state index in [9.17, 15) is 10.1 Å². The lowest BCUT2D eigenvalue weighted by atomic mass is 9.85. The van der Waals surface area contributed by atoms with Crippen molar-refractivity contribution in [3.05, 3.63) is 137 Å². The highest BCUT2D eigenvalue weighted by molar-refractivity contribution is 5.52. The van der Waals surface area contributed by atoms with E-state index in [4.69, 9.17) is 0 Å². The Bertz CT molecular complexity index is 1300. The smallest absolute Gasteiger partial charge is 0.258 e. The summed E-state index contributed by atoms with van der Waals surface area (Å²) >= 11 is 0. The van der Waals surface area contributed by atoms with Crippen LogP contribution in [-0.2, 0) is 0 Å². The Kier molecular flexibility index (Phi) is 4.41. The van der Waals surface area contributed by atoms with E-state index in [0.29, 0.717) is 0 Å². The van der Waals surface area contributed by atoms with Gasteiger partial charge < -0.3 is 0 Å². The molecule has 5 heteroatoms. The molecular weight excluding hydrogens is 374 g/mol. The molecule has 4 aromatic heterocycles. The molecule has 4 heterocycles. The molecule has 0 saturated heterocycles. The van der Waals surface area contributed by atoms with Crippen LogP contribution in [0.15, 0.2) is 110 Å². The molecule has 5 aromatic rings. The fraction of sp³-hybridized carbons (Fsp3) is 0.0400. The molecule has 0 N–H and O–H groups in total. The lowest BCUT2D eigenvalue weighted by molar-refractivity contribution is -0.512. The van der Waals surface area contributed by atoms with E-state index in [0.717, 1.165) is 27.7 Å². The van der Waals surface area contributed by atoms with Crippen LogP contribution in [0.4, 0.5) is 5.69 Å². The number of fused-ring (bicyclic) bond motifs is 2. The highest BCUT2D eigenvalue weighted by Gasteiger charge is 2.21. The summed E-state index contributed by atoms with van der Waals surface area (Å²) in [6.45, 7) is 0. The topological polar surface area (TPSA) is 51.3 Å². The predicted octanol–water partition coefficient (Wildman–Crippen LogP) is 4.25. The molecule has 0 unspecified atom stereocenters. The van der Waals surface area contributed by atoms with Crippen molar-refractivity contribution in [2.45, 2.75) is 5.92 Å². The summed E-state index contributed by atoms with van der Waals surface area (Å²) in [7, 11) is 0. The van der Waals surface area contributed by atoms with Gasteiger partial charge in [-0.1, -0.05) is 12.1 Å². The second-order valence-corrected chi connectivity index (χ2v) is 7.27. The van der Waals surface area contributed by atoms with Gasteiger partial charge in [0.1, 0.15) is 0 Å². The minimum absolute atomic E-state index is 0.0405. The third kappa shape index (κ3) is 3.26. The number of aromatic nitrogens is 2. The molecule has 144 valence electrons. The lowest BCUT2D eigenvalue weighted by Crippen LogP contribution is -2.22. The molecule has 5 rings (SSSR count). The van der Waals surface area contributed by atoms with Crippen molar-refractivity contribution in [2.24, 2.45) is 0 Å². The van der Waals surface area contributed by atoms with Crippen LogP contribution in [0.25, 0.3) is 11.0 Å². The van der Waals surface area contributed by atoms with Crippen LogP contribution in [0.5, 0.6) is 0 Å². The number of pyridine rings is 4. The van der Waals surface area contributed by atoms with E-state index >= 15 is 0 Å². The third-order valence-corrected chi connectivity index (χ3v) is 5.43. The van der Waals surface area contributed by atoms with Crippen LogP contribution in [0.3, 0.4) is 0 Å². The summed E-state index contributed by atoms with van der Waals surface area (Å²) in [5, 5.41) is 11.1. The number of nitrogens with zero attached hydrogens (tertiary/aromatic N) is 3. The minimum Gasteiger partial charge on any atom is -0.258 e. The number of benzene rings is 1. The molecule has 5 nitrogen and oxygen atoms in total.